The predicted molar refractivity (Wildman–Crippen MR) is 51.9 cm³/mol. The summed E-state index contributed by atoms with van der Waals surface area (Å²) in [6, 6.07) is 0. The molecule has 1 heterocycles. The molecule has 2 N–H and O–H groups in total. The van der Waals surface area contributed by atoms with Crippen LogP contribution in [0.4, 0.5) is 0 Å². The largest absolute Gasteiger partial charge is 0.481 e. The van der Waals surface area contributed by atoms with E-state index in [0.29, 0.717) is 12.8 Å². The van der Waals surface area contributed by atoms with Gasteiger partial charge < -0.3 is 10.4 Å². The molecule has 14 heavy (non-hydrogen) atoms. The highest BCUT2D eigenvalue weighted by molar-refractivity contribution is 7.91. The van der Waals surface area contributed by atoms with Gasteiger partial charge in [-0.05, 0) is 19.9 Å². The second-order valence-electron chi connectivity index (χ2n) is 3.75. The van der Waals surface area contributed by atoms with Crippen LogP contribution in [-0.2, 0) is 14.6 Å². The molecule has 0 spiro atoms. The lowest BCUT2D eigenvalue weighted by atomic mass is 9.89. The van der Waals surface area contributed by atoms with Crippen molar-refractivity contribution in [2.75, 3.05) is 18.6 Å². The van der Waals surface area contributed by atoms with Crippen LogP contribution >= 0.6 is 0 Å². The molecular formula is C8H15NO4S. The van der Waals surface area contributed by atoms with E-state index < -0.39 is 21.3 Å². The van der Waals surface area contributed by atoms with Crippen molar-refractivity contribution in [2.24, 2.45) is 0 Å². The van der Waals surface area contributed by atoms with E-state index in [4.69, 9.17) is 5.11 Å². The van der Waals surface area contributed by atoms with E-state index >= 15 is 0 Å². The van der Waals surface area contributed by atoms with Crippen molar-refractivity contribution in [3.8, 4) is 0 Å². The fraction of sp³-hybridized carbons (Fsp3) is 0.875. The van der Waals surface area contributed by atoms with Crippen LogP contribution in [0.3, 0.4) is 0 Å². The van der Waals surface area contributed by atoms with Gasteiger partial charge in [-0.3, -0.25) is 4.79 Å². The Kier molecular flexibility index (Phi) is 3.16. The first kappa shape index (κ1) is 11.5. The van der Waals surface area contributed by atoms with Gasteiger partial charge >= 0.3 is 5.97 Å². The molecular weight excluding hydrogens is 206 g/mol. The second kappa shape index (κ2) is 3.86. The molecule has 0 saturated carbocycles. The topological polar surface area (TPSA) is 83.5 Å². The first-order chi connectivity index (χ1) is 6.39. The Morgan fingerprint density at radius 1 is 1.43 bits per heavy atom. The summed E-state index contributed by atoms with van der Waals surface area (Å²) < 4.78 is 22.3. The highest BCUT2D eigenvalue weighted by Crippen LogP contribution is 2.26. The van der Waals surface area contributed by atoms with Gasteiger partial charge in [0.25, 0.3) is 0 Å². The van der Waals surface area contributed by atoms with Crippen molar-refractivity contribution in [3.05, 3.63) is 0 Å². The molecule has 1 rings (SSSR count). The Bertz CT molecular complexity index is 308. The fourth-order valence-corrected chi connectivity index (χ4v) is 3.34. The molecule has 1 aliphatic heterocycles. The second-order valence-corrected chi connectivity index (χ2v) is 6.06. The number of carbonyl (C=O) groups is 1. The van der Waals surface area contributed by atoms with Gasteiger partial charge in [0, 0.05) is 5.54 Å². The van der Waals surface area contributed by atoms with Gasteiger partial charge in [0.1, 0.15) is 9.84 Å². The number of hydrogen-bond donors (Lipinski definition) is 2. The Labute approximate surface area is 83.4 Å². The third-order valence-electron chi connectivity index (χ3n) is 2.80. The molecule has 82 valence electrons. The zero-order valence-electron chi connectivity index (χ0n) is 8.12. The maximum absolute atomic E-state index is 11.2. The highest BCUT2D eigenvalue weighted by atomic mass is 32.2. The molecule has 0 aromatic rings. The minimum absolute atomic E-state index is 0.0149. The Hall–Kier alpha value is -0.620. The first-order valence-electron chi connectivity index (χ1n) is 4.50. The van der Waals surface area contributed by atoms with Crippen molar-refractivity contribution >= 4 is 15.8 Å². The summed E-state index contributed by atoms with van der Waals surface area (Å²) in [5.41, 5.74) is -0.531. The number of aliphatic carboxylic acids is 1. The lowest BCUT2D eigenvalue weighted by Gasteiger charge is -2.35. The average molecular weight is 221 g/mol. The van der Waals surface area contributed by atoms with E-state index in [1.165, 1.54) is 0 Å². The molecule has 0 bridgehead atoms. The smallest absolute Gasteiger partial charge is 0.305 e. The van der Waals surface area contributed by atoms with E-state index in [1.807, 2.05) is 0 Å². The Morgan fingerprint density at radius 3 is 2.29 bits per heavy atom. The highest BCUT2D eigenvalue weighted by Gasteiger charge is 2.37. The number of sulfone groups is 1. The molecule has 0 aromatic carbocycles. The minimum Gasteiger partial charge on any atom is -0.481 e. The molecule has 1 saturated heterocycles. The van der Waals surface area contributed by atoms with E-state index in [9.17, 15) is 13.2 Å². The van der Waals surface area contributed by atoms with Crippen LogP contribution in [0.25, 0.3) is 0 Å². The first-order valence-corrected chi connectivity index (χ1v) is 6.32. The molecule has 0 amide bonds. The summed E-state index contributed by atoms with van der Waals surface area (Å²) in [6.07, 6.45) is 0.759. The lowest BCUT2D eigenvalue weighted by molar-refractivity contribution is -0.138. The molecule has 0 radical (unpaired) electrons. The Balaban J connectivity index is 2.70. The molecule has 6 heteroatoms. The van der Waals surface area contributed by atoms with Crippen LogP contribution in [0.2, 0.25) is 0 Å². The minimum atomic E-state index is -2.93. The molecule has 1 aliphatic rings. The molecule has 0 atom stereocenters. The van der Waals surface area contributed by atoms with E-state index in [1.54, 1.807) is 7.05 Å². The van der Waals surface area contributed by atoms with Gasteiger partial charge in [0.2, 0.25) is 0 Å². The normalized spacial score (nSPS) is 24.4. The summed E-state index contributed by atoms with van der Waals surface area (Å²) in [4.78, 5) is 10.6. The fourth-order valence-electron chi connectivity index (χ4n) is 1.73. The van der Waals surface area contributed by atoms with Crippen molar-refractivity contribution in [2.45, 2.75) is 24.8 Å². The monoisotopic (exact) mass is 221 g/mol. The summed E-state index contributed by atoms with van der Waals surface area (Å²) in [7, 11) is -1.25. The third-order valence-corrected chi connectivity index (χ3v) is 4.46. The standard InChI is InChI=1S/C8H15NO4S/c1-9-8(6-7(10)11)2-4-14(12,13)5-3-8/h9H,2-6H2,1H3,(H,10,11). The number of carboxylic acids is 1. The van der Waals surface area contributed by atoms with Gasteiger partial charge in [-0.2, -0.15) is 0 Å². The maximum atomic E-state index is 11.2. The van der Waals surface area contributed by atoms with Crippen molar-refractivity contribution in [1.82, 2.24) is 5.32 Å². The molecule has 0 aliphatic carbocycles. The zero-order chi connectivity index (χ0) is 10.8. The summed E-state index contributed by atoms with van der Waals surface area (Å²) >= 11 is 0. The van der Waals surface area contributed by atoms with Crippen LogP contribution in [0.5, 0.6) is 0 Å². The predicted octanol–water partition coefficient (Wildman–Crippen LogP) is -0.372. The lowest BCUT2D eigenvalue weighted by Crippen LogP contribution is -2.50. The number of rotatable bonds is 3. The van der Waals surface area contributed by atoms with Crippen LogP contribution in [-0.4, -0.2) is 43.6 Å². The van der Waals surface area contributed by atoms with Crippen LogP contribution in [0.15, 0.2) is 0 Å². The van der Waals surface area contributed by atoms with Gasteiger partial charge in [-0.1, -0.05) is 0 Å². The summed E-state index contributed by atoms with van der Waals surface area (Å²) in [5.74, 6) is -0.721. The van der Waals surface area contributed by atoms with E-state index in [2.05, 4.69) is 5.32 Å². The molecule has 5 nitrogen and oxygen atoms in total. The number of hydrogen-bond acceptors (Lipinski definition) is 4. The van der Waals surface area contributed by atoms with E-state index in [0.717, 1.165) is 0 Å². The van der Waals surface area contributed by atoms with Crippen LogP contribution in [0.1, 0.15) is 19.3 Å². The zero-order valence-corrected chi connectivity index (χ0v) is 8.93. The average Bonchev–Trinajstić information content (AvgIpc) is 2.09. The molecule has 0 unspecified atom stereocenters. The van der Waals surface area contributed by atoms with Gasteiger partial charge in [-0.25, -0.2) is 8.42 Å². The summed E-state index contributed by atoms with van der Waals surface area (Å²) in [6.45, 7) is 0. The van der Waals surface area contributed by atoms with Gasteiger partial charge in [-0.15, -0.1) is 0 Å². The third kappa shape index (κ3) is 2.68. The molecule has 1 fully saturated rings. The number of nitrogens with one attached hydrogen (secondary N) is 1. The SMILES string of the molecule is CNC1(CC(=O)O)CCS(=O)(=O)CC1. The van der Waals surface area contributed by atoms with Gasteiger partial charge in [0.05, 0.1) is 17.9 Å². The van der Waals surface area contributed by atoms with Gasteiger partial charge in [0.15, 0.2) is 0 Å². The van der Waals surface area contributed by atoms with Crippen molar-refractivity contribution in [3.63, 3.8) is 0 Å². The number of carboxylic acid groups (broad SMARTS) is 1. The van der Waals surface area contributed by atoms with Crippen molar-refractivity contribution in [1.29, 1.82) is 0 Å². The maximum Gasteiger partial charge on any atom is 0.305 e. The van der Waals surface area contributed by atoms with Crippen LogP contribution < -0.4 is 5.32 Å². The van der Waals surface area contributed by atoms with E-state index in [-0.39, 0.29) is 17.9 Å². The van der Waals surface area contributed by atoms with Crippen molar-refractivity contribution < 1.29 is 18.3 Å². The molecule has 0 aromatic heterocycles. The Morgan fingerprint density at radius 2 is 1.93 bits per heavy atom. The quantitative estimate of drug-likeness (QED) is 0.679. The van der Waals surface area contributed by atoms with Crippen LogP contribution in [0, 0.1) is 0 Å². The summed E-state index contributed by atoms with van der Waals surface area (Å²) in [5, 5.41) is 11.6.